The summed E-state index contributed by atoms with van der Waals surface area (Å²) in [5, 5.41) is 3.38. The predicted octanol–water partition coefficient (Wildman–Crippen LogP) is 4.21. The van der Waals surface area contributed by atoms with Crippen molar-refractivity contribution in [3.8, 4) is 0 Å². The Balaban J connectivity index is 1.50. The van der Waals surface area contributed by atoms with Crippen LogP contribution >= 0.6 is 39.7 Å². The first-order chi connectivity index (χ1) is 14.8. The summed E-state index contributed by atoms with van der Waals surface area (Å²) in [4.78, 5) is 18.9. The summed E-state index contributed by atoms with van der Waals surface area (Å²) in [6.45, 7) is 0.870. The minimum absolute atomic E-state index is 0.180. The maximum absolute atomic E-state index is 14.3. The van der Waals surface area contributed by atoms with Gasteiger partial charge in [0, 0.05) is 33.8 Å². The van der Waals surface area contributed by atoms with Crippen molar-refractivity contribution in [2.45, 2.75) is 24.3 Å². The normalized spacial score (nSPS) is 23.3. The van der Waals surface area contributed by atoms with E-state index in [2.05, 4.69) is 26.7 Å². The fourth-order valence-electron chi connectivity index (χ4n) is 3.95. The van der Waals surface area contributed by atoms with Gasteiger partial charge in [-0.05, 0) is 54.4 Å². The van der Waals surface area contributed by atoms with Gasteiger partial charge in [0.05, 0.1) is 5.41 Å². The molecule has 0 bridgehead atoms. The van der Waals surface area contributed by atoms with Crippen LogP contribution in [0.2, 0.25) is 5.02 Å². The number of carbonyl (C=O) groups excluding carboxylic acids is 1. The first-order valence-corrected chi connectivity index (χ1v) is 11.2. The Bertz CT molecular complexity index is 990. The van der Waals surface area contributed by atoms with Gasteiger partial charge >= 0.3 is 0 Å². The molecule has 1 amide bonds. The lowest BCUT2D eigenvalue weighted by atomic mass is 9.80. The summed E-state index contributed by atoms with van der Waals surface area (Å²) in [5.41, 5.74) is 3.07. The van der Waals surface area contributed by atoms with E-state index in [1.807, 2.05) is 29.2 Å². The molecule has 2 unspecified atom stereocenters. The van der Waals surface area contributed by atoms with Crippen LogP contribution in [0.5, 0.6) is 0 Å². The summed E-state index contributed by atoms with van der Waals surface area (Å²) in [6.07, 6.45) is -2.21. The Kier molecular flexibility index (Phi) is 6.48. The van der Waals surface area contributed by atoms with Gasteiger partial charge in [0.1, 0.15) is 17.6 Å². The van der Waals surface area contributed by atoms with E-state index in [9.17, 15) is 13.6 Å². The number of carbonyl (C=O) groups is 1. The smallest absolute Gasteiger partial charge is 0.268 e. The summed E-state index contributed by atoms with van der Waals surface area (Å²) in [6, 6.07) is 11.8. The highest BCUT2D eigenvalue weighted by Crippen LogP contribution is 2.43. The van der Waals surface area contributed by atoms with E-state index in [0.29, 0.717) is 33.0 Å². The molecule has 0 aromatic heterocycles. The lowest BCUT2D eigenvalue weighted by molar-refractivity contribution is -0.124. The highest BCUT2D eigenvalue weighted by atomic mass is 79.9. The Morgan fingerprint density at radius 1 is 1.32 bits per heavy atom. The average molecular weight is 531 g/mol. The summed E-state index contributed by atoms with van der Waals surface area (Å²) in [5.74, 6) is -0.271. The van der Waals surface area contributed by atoms with Crippen LogP contribution in [0.3, 0.4) is 0 Å². The van der Waals surface area contributed by atoms with Gasteiger partial charge in [-0.1, -0.05) is 39.7 Å². The molecule has 2 fully saturated rings. The number of benzene rings is 2. The van der Waals surface area contributed by atoms with Crippen molar-refractivity contribution in [3.05, 3.63) is 63.1 Å². The quantitative estimate of drug-likeness (QED) is 0.568. The second-order valence-corrected chi connectivity index (χ2v) is 9.40. The van der Waals surface area contributed by atoms with Gasteiger partial charge in [-0.15, -0.1) is 0 Å². The topological polar surface area (TPSA) is 53.6 Å². The van der Waals surface area contributed by atoms with Crippen LogP contribution in [0.15, 0.2) is 46.9 Å². The molecule has 0 saturated carbocycles. The summed E-state index contributed by atoms with van der Waals surface area (Å²) < 4.78 is 29.2. The second kappa shape index (κ2) is 8.97. The number of hydroxylamine groups is 1. The lowest BCUT2D eigenvalue weighted by Crippen LogP contribution is -2.41. The number of halogens is 4. The van der Waals surface area contributed by atoms with Gasteiger partial charge in [0.15, 0.2) is 0 Å². The summed E-state index contributed by atoms with van der Waals surface area (Å²) in [7, 11) is 0. The fraction of sp³-hybridized carbons (Fsp3) is 0.333. The van der Waals surface area contributed by atoms with Crippen LogP contribution in [0.1, 0.15) is 17.5 Å². The van der Waals surface area contributed by atoms with Gasteiger partial charge in [-0.2, -0.15) is 0 Å². The molecule has 2 N–H and O–H groups in total. The molecule has 164 valence electrons. The van der Waals surface area contributed by atoms with E-state index < -0.39 is 17.9 Å². The maximum Gasteiger partial charge on any atom is 0.268 e. The number of alkyl halides is 2. The van der Waals surface area contributed by atoms with Crippen LogP contribution in [0.4, 0.5) is 14.5 Å². The van der Waals surface area contributed by atoms with Crippen LogP contribution in [-0.2, 0) is 15.0 Å². The minimum Gasteiger partial charge on any atom is -0.370 e. The molecule has 0 radical (unpaired) electrons. The molecular formula is C21H19BrClF2N3O2S. The summed E-state index contributed by atoms with van der Waals surface area (Å²) >= 11 is 14.9. The second-order valence-electron chi connectivity index (χ2n) is 7.64. The number of hydrogen-bond donors (Lipinski definition) is 2. The van der Waals surface area contributed by atoms with Crippen LogP contribution in [0.25, 0.3) is 0 Å². The van der Waals surface area contributed by atoms with E-state index >= 15 is 0 Å². The van der Waals surface area contributed by atoms with Gasteiger partial charge in [-0.3, -0.25) is 9.63 Å². The molecule has 2 aliphatic rings. The van der Waals surface area contributed by atoms with E-state index in [0.717, 1.165) is 11.3 Å². The number of nitrogens with one attached hydrogen (secondary N) is 2. The SMILES string of the molecule is O=C1NOCC1NC(=S)c1ccc(N2CCC(c3cc(Cl)cc(Br)c3)(C(F)F)C2)cc1. The first-order valence-electron chi connectivity index (χ1n) is 9.61. The fourth-order valence-corrected chi connectivity index (χ4v) is 5.09. The van der Waals surface area contributed by atoms with Gasteiger partial charge in [-0.25, -0.2) is 14.3 Å². The van der Waals surface area contributed by atoms with Crippen LogP contribution in [0, 0.1) is 0 Å². The Labute approximate surface area is 197 Å². The average Bonchev–Trinajstić information content (AvgIpc) is 3.35. The van der Waals surface area contributed by atoms with Crippen molar-refractivity contribution in [2.24, 2.45) is 0 Å². The van der Waals surface area contributed by atoms with E-state index in [-0.39, 0.29) is 19.1 Å². The third-order valence-corrected chi connectivity index (χ3v) is 6.72. The molecule has 2 atom stereocenters. The highest BCUT2D eigenvalue weighted by molar-refractivity contribution is 9.10. The third kappa shape index (κ3) is 4.55. The van der Waals surface area contributed by atoms with E-state index in [1.165, 1.54) is 0 Å². The molecule has 2 aromatic rings. The van der Waals surface area contributed by atoms with Crippen molar-refractivity contribution < 1.29 is 18.4 Å². The number of amides is 1. The van der Waals surface area contributed by atoms with Gasteiger partial charge in [0.25, 0.3) is 5.91 Å². The molecule has 2 aliphatic heterocycles. The minimum atomic E-state index is -2.53. The zero-order valence-corrected chi connectivity index (χ0v) is 19.4. The molecule has 2 saturated heterocycles. The maximum atomic E-state index is 14.3. The molecule has 2 aromatic carbocycles. The van der Waals surface area contributed by atoms with Crippen LogP contribution < -0.4 is 15.7 Å². The van der Waals surface area contributed by atoms with E-state index in [1.54, 1.807) is 18.2 Å². The third-order valence-electron chi connectivity index (χ3n) is 5.70. The van der Waals surface area contributed by atoms with Gasteiger partial charge in [0.2, 0.25) is 6.43 Å². The number of nitrogens with zero attached hydrogens (tertiary/aromatic N) is 1. The standard InChI is InChI=1S/C21H19BrClF2N3O2S/c22-14-7-13(8-15(23)9-14)21(20(24)25)5-6-28(11-21)16-3-1-12(2-4-16)19(31)26-17-10-30-27-18(17)29/h1-4,7-9,17,20H,5-6,10-11H2,(H,26,31)(H,27,29). The van der Waals surface area contributed by atoms with Crippen molar-refractivity contribution in [1.82, 2.24) is 10.8 Å². The number of thiocarbonyl (C=S) groups is 1. The van der Waals surface area contributed by atoms with Crippen molar-refractivity contribution in [3.63, 3.8) is 0 Å². The number of anilines is 1. The zero-order valence-electron chi connectivity index (χ0n) is 16.2. The Morgan fingerprint density at radius 2 is 2.06 bits per heavy atom. The van der Waals surface area contributed by atoms with Crippen molar-refractivity contribution in [1.29, 1.82) is 0 Å². The molecule has 2 heterocycles. The molecule has 10 heteroatoms. The lowest BCUT2D eigenvalue weighted by Gasteiger charge is -2.30. The number of rotatable bonds is 5. The van der Waals surface area contributed by atoms with Gasteiger partial charge < -0.3 is 10.2 Å². The highest BCUT2D eigenvalue weighted by Gasteiger charge is 2.47. The monoisotopic (exact) mass is 529 g/mol. The first kappa shape index (κ1) is 22.4. The molecule has 0 aliphatic carbocycles. The molecule has 4 rings (SSSR count). The largest absolute Gasteiger partial charge is 0.370 e. The van der Waals surface area contributed by atoms with E-state index in [4.69, 9.17) is 28.7 Å². The Hall–Kier alpha value is -1.81. The van der Waals surface area contributed by atoms with Crippen molar-refractivity contribution >= 4 is 56.3 Å². The zero-order chi connectivity index (χ0) is 22.2. The molecule has 0 spiro atoms. The molecule has 5 nitrogen and oxygen atoms in total. The Morgan fingerprint density at radius 3 is 2.68 bits per heavy atom. The number of hydrogen-bond acceptors (Lipinski definition) is 4. The predicted molar refractivity (Wildman–Crippen MR) is 123 cm³/mol. The van der Waals surface area contributed by atoms with Crippen LogP contribution in [-0.4, -0.2) is 43.1 Å². The van der Waals surface area contributed by atoms with Crippen molar-refractivity contribution in [2.75, 3.05) is 24.6 Å². The molecule has 31 heavy (non-hydrogen) atoms. The molecular weight excluding hydrogens is 512 g/mol.